The van der Waals surface area contributed by atoms with Gasteiger partial charge in [-0.05, 0) is 13.0 Å². The summed E-state index contributed by atoms with van der Waals surface area (Å²) in [4.78, 5) is 1.92. The van der Waals surface area contributed by atoms with E-state index >= 15 is 0 Å². The monoisotopic (exact) mass is 281 g/mol. The van der Waals surface area contributed by atoms with Crippen LogP contribution >= 0.6 is 15.9 Å². The third kappa shape index (κ3) is 3.14. The SMILES string of the molecule is CCCCN1C[C@H](Br)[C@@H](O)[C@H](O)C1CO. The van der Waals surface area contributed by atoms with E-state index in [-0.39, 0.29) is 17.5 Å². The molecule has 1 aliphatic heterocycles. The first-order valence-corrected chi connectivity index (χ1v) is 6.38. The number of hydrogen-bond donors (Lipinski definition) is 3. The maximum Gasteiger partial charge on any atom is 0.0987 e. The molecule has 0 aromatic carbocycles. The second-order valence-corrected chi connectivity index (χ2v) is 5.27. The van der Waals surface area contributed by atoms with Crippen LogP contribution in [0.1, 0.15) is 19.8 Å². The number of piperidine rings is 1. The molecule has 3 N–H and O–H groups in total. The maximum atomic E-state index is 9.80. The van der Waals surface area contributed by atoms with Gasteiger partial charge in [-0.2, -0.15) is 0 Å². The van der Waals surface area contributed by atoms with Gasteiger partial charge in [0.25, 0.3) is 0 Å². The first kappa shape index (κ1) is 13.4. The summed E-state index contributed by atoms with van der Waals surface area (Å²) < 4.78 is 0. The summed E-state index contributed by atoms with van der Waals surface area (Å²) in [5, 5.41) is 28.7. The molecule has 0 bridgehead atoms. The van der Waals surface area contributed by atoms with Crippen molar-refractivity contribution in [2.24, 2.45) is 0 Å². The van der Waals surface area contributed by atoms with Crippen molar-refractivity contribution in [3.05, 3.63) is 0 Å². The van der Waals surface area contributed by atoms with Gasteiger partial charge in [0.1, 0.15) is 0 Å². The van der Waals surface area contributed by atoms with Gasteiger partial charge in [-0.1, -0.05) is 29.3 Å². The number of likely N-dealkylation sites (tertiary alicyclic amines) is 1. The van der Waals surface area contributed by atoms with Crippen molar-refractivity contribution >= 4 is 15.9 Å². The molecular formula is C10H20BrNO3. The molecule has 5 heteroatoms. The maximum absolute atomic E-state index is 9.80. The molecule has 1 fully saturated rings. The van der Waals surface area contributed by atoms with Crippen molar-refractivity contribution in [1.82, 2.24) is 4.90 Å². The van der Waals surface area contributed by atoms with Gasteiger partial charge in [0.05, 0.1) is 29.7 Å². The molecule has 0 saturated carbocycles. The fourth-order valence-corrected chi connectivity index (χ4v) is 2.65. The van der Waals surface area contributed by atoms with Crippen molar-refractivity contribution in [1.29, 1.82) is 0 Å². The Morgan fingerprint density at radius 3 is 2.53 bits per heavy atom. The summed E-state index contributed by atoms with van der Waals surface area (Å²) in [6.45, 7) is 3.52. The van der Waals surface area contributed by atoms with Crippen LogP contribution in [0.3, 0.4) is 0 Å². The van der Waals surface area contributed by atoms with Gasteiger partial charge in [-0.15, -0.1) is 0 Å². The van der Waals surface area contributed by atoms with Gasteiger partial charge < -0.3 is 15.3 Å². The van der Waals surface area contributed by atoms with Crippen molar-refractivity contribution in [2.75, 3.05) is 19.7 Å². The Morgan fingerprint density at radius 2 is 2.00 bits per heavy atom. The van der Waals surface area contributed by atoms with Crippen molar-refractivity contribution in [3.8, 4) is 0 Å². The van der Waals surface area contributed by atoms with Gasteiger partial charge in [0, 0.05) is 6.54 Å². The second-order valence-electron chi connectivity index (χ2n) is 4.10. The Labute approximate surface area is 99.0 Å². The minimum absolute atomic E-state index is 0.109. The van der Waals surface area contributed by atoms with Crippen LogP contribution in [-0.4, -0.2) is 63.0 Å². The van der Waals surface area contributed by atoms with Crippen LogP contribution in [0.25, 0.3) is 0 Å². The molecule has 1 saturated heterocycles. The molecule has 0 amide bonds. The molecule has 0 aliphatic carbocycles. The molecule has 1 unspecified atom stereocenters. The fraction of sp³-hybridized carbons (Fsp3) is 1.00. The lowest BCUT2D eigenvalue weighted by molar-refractivity contribution is -0.0847. The van der Waals surface area contributed by atoms with E-state index in [9.17, 15) is 15.3 Å². The molecule has 1 heterocycles. The van der Waals surface area contributed by atoms with Crippen LogP contribution in [-0.2, 0) is 0 Å². The minimum Gasteiger partial charge on any atom is -0.395 e. The van der Waals surface area contributed by atoms with Crippen molar-refractivity contribution in [2.45, 2.75) is 42.8 Å². The van der Waals surface area contributed by atoms with E-state index in [1.807, 2.05) is 4.90 Å². The lowest BCUT2D eigenvalue weighted by atomic mass is 9.96. The predicted octanol–water partition coefficient (Wildman–Crippen LogP) is -0.0517. The standard InChI is InChI=1S/C10H20BrNO3/c1-2-3-4-12-5-7(11)9(14)10(15)8(12)6-13/h7-10,13-15H,2-6H2,1H3/t7-,8?,9+,10+/m0/s1. The smallest absolute Gasteiger partial charge is 0.0987 e. The summed E-state index contributed by atoms with van der Waals surface area (Å²) in [5.74, 6) is 0. The average molecular weight is 282 g/mol. The summed E-state index contributed by atoms with van der Waals surface area (Å²) in [6, 6.07) is -0.333. The number of hydrogen-bond acceptors (Lipinski definition) is 4. The van der Waals surface area contributed by atoms with Gasteiger partial charge in [-0.3, -0.25) is 4.90 Å². The summed E-state index contributed by atoms with van der Waals surface area (Å²) in [7, 11) is 0. The zero-order chi connectivity index (χ0) is 11.4. The van der Waals surface area contributed by atoms with E-state index in [2.05, 4.69) is 22.9 Å². The molecule has 4 atom stereocenters. The Morgan fingerprint density at radius 1 is 1.33 bits per heavy atom. The molecule has 0 aromatic rings. The highest BCUT2D eigenvalue weighted by Gasteiger charge is 2.40. The Balaban J connectivity index is 2.60. The Hall–Kier alpha value is 0.320. The van der Waals surface area contributed by atoms with E-state index in [0.717, 1.165) is 19.4 Å². The molecule has 1 rings (SSSR count). The predicted molar refractivity (Wildman–Crippen MR) is 62.1 cm³/mol. The largest absolute Gasteiger partial charge is 0.395 e. The number of halogens is 1. The molecule has 0 radical (unpaired) electrons. The van der Waals surface area contributed by atoms with E-state index in [0.29, 0.717) is 6.54 Å². The topological polar surface area (TPSA) is 63.9 Å². The molecular weight excluding hydrogens is 262 g/mol. The molecule has 0 spiro atoms. The number of aliphatic hydroxyl groups excluding tert-OH is 3. The molecule has 15 heavy (non-hydrogen) atoms. The second kappa shape index (κ2) is 6.15. The highest BCUT2D eigenvalue weighted by Crippen LogP contribution is 2.23. The van der Waals surface area contributed by atoms with Crippen LogP contribution < -0.4 is 0 Å². The number of nitrogens with zero attached hydrogens (tertiary/aromatic N) is 1. The molecule has 1 aliphatic rings. The molecule has 4 nitrogen and oxygen atoms in total. The molecule has 0 aromatic heterocycles. The number of unbranched alkanes of at least 4 members (excludes halogenated alkanes) is 1. The van der Waals surface area contributed by atoms with Crippen LogP contribution in [0.15, 0.2) is 0 Å². The highest BCUT2D eigenvalue weighted by molar-refractivity contribution is 9.09. The lowest BCUT2D eigenvalue weighted by Gasteiger charge is -2.43. The molecule has 90 valence electrons. The number of alkyl halides is 1. The summed E-state index contributed by atoms with van der Waals surface area (Å²) in [5.41, 5.74) is 0. The average Bonchev–Trinajstić information content (AvgIpc) is 2.23. The van der Waals surface area contributed by atoms with E-state index in [1.54, 1.807) is 0 Å². The summed E-state index contributed by atoms with van der Waals surface area (Å²) >= 11 is 3.35. The zero-order valence-corrected chi connectivity index (χ0v) is 10.6. The quantitative estimate of drug-likeness (QED) is 0.633. The Kier molecular flexibility index (Phi) is 5.49. The van der Waals surface area contributed by atoms with E-state index in [4.69, 9.17) is 0 Å². The Bertz CT molecular complexity index is 194. The van der Waals surface area contributed by atoms with Crippen LogP contribution in [0, 0.1) is 0 Å². The van der Waals surface area contributed by atoms with E-state index in [1.165, 1.54) is 0 Å². The zero-order valence-electron chi connectivity index (χ0n) is 9.01. The highest BCUT2D eigenvalue weighted by atomic mass is 79.9. The van der Waals surface area contributed by atoms with Crippen LogP contribution in [0.5, 0.6) is 0 Å². The normalized spacial score (nSPS) is 38.2. The first-order valence-electron chi connectivity index (χ1n) is 5.47. The van der Waals surface area contributed by atoms with Crippen LogP contribution in [0.2, 0.25) is 0 Å². The third-order valence-electron chi connectivity index (χ3n) is 2.98. The van der Waals surface area contributed by atoms with E-state index < -0.39 is 12.2 Å². The first-order chi connectivity index (χ1) is 7.11. The van der Waals surface area contributed by atoms with Gasteiger partial charge in [0.2, 0.25) is 0 Å². The van der Waals surface area contributed by atoms with Gasteiger partial charge >= 0.3 is 0 Å². The number of aliphatic hydroxyl groups is 3. The van der Waals surface area contributed by atoms with Crippen molar-refractivity contribution in [3.63, 3.8) is 0 Å². The fourth-order valence-electron chi connectivity index (χ4n) is 1.97. The van der Waals surface area contributed by atoms with Crippen molar-refractivity contribution < 1.29 is 15.3 Å². The lowest BCUT2D eigenvalue weighted by Crippen LogP contribution is -2.61. The van der Waals surface area contributed by atoms with Gasteiger partial charge in [0.15, 0.2) is 0 Å². The minimum atomic E-state index is -0.870. The number of rotatable bonds is 4. The summed E-state index contributed by atoms with van der Waals surface area (Å²) in [6.07, 6.45) is 0.462. The van der Waals surface area contributed by atoms with Gasteiger partial charge in [-0.25, -0.2) is 0 Å². The van der Waals surface area contributed by atoms with Crippen LogP contribution in [0.4, 0.5) is 0 Å². The third-order valence-corrected chi connectivity index (χ3v) is 3.81.